The van der Waals surface area contributed by atoms with Crippen molar-refractivity contribution < 1.29 is 4.79 Å². The molecule has 0 aliphatic heterocycles. The van der Waals surface area contributed by atoms with Gasteiger partial charge in [-0.15, -0.1) is 0 Å². The summed E-state index contributed by atoms with van der Waals surface area (Å²) in [6.45, 7) is 2.53. The van der Waals surface area contributed by atoms with Crippen LogP contribution in [0.3, 0.4) is 0 Å². The van der Waals surface area contributed by atoms with Crippen molar-refractivity contribution in [2.24, 2.45) is 0 Å². The second-order valence-corrected chi connectivity index (χ2v) is 6.46. The van der Waals surface area contributed by atoms with E-state index in [0.29, 0.717) is 17.1 Å². The van der Waals surface area contributed by atoms with E-state index >= 15 is 0 Å². The molecule has 3 aromatic carbocycles. The molecule has 2 nitrogen and oxygen atoms in total. The lowest BCUT2D eigenvalue weighted by atomic mass is 10.0. The number of hydrogen-bond donors (Lipinski definition) is 1. The van der Waals surface area contributed by atoms with Gasteiger partial charge in [0.2, 0.25) is 0 Å². The molecule has 0 unspecified atom stereocenters. The average molecular weight is 362 g/mol. The summed E-state index contributed by atoms with van der Waals surface area (Å²) in [7, 11) is 0. The number of aryl methyl sites for hydroxylation is 1. The number of amides is 1. The second-order valence-electron chi connectivity index (χ2n) is 6.05. The van der Waals surface area contributed by atoms with Crippen LogP contribution in [0.4, 0.5) is 0 Å². The van der Waals surface area contributed by atoms with E-state index in [1.54, 1.807) is 0 Å². The lowest BCUT2D eigenvalue weighted by Crippen LogP contribution is -2.24. The van der Waals surface area contributed by atoms with Crippen LogP contribution in [-0.4, -0.2) is 5.91 Å². The summed E-state index contributed by atoms with van der Waals surface area (Å²) in [4.78, 5) is 12.9. The van der Waals surface area contributed by atoms with Crippen molar-refractivity contribution in [1.29, 1.82) is 0 Å². The van der Waals surface area contributed by atoms with E-state index in [9.17, 15) is 4.79 Å². The van der Waals surface area contributed by atoms with Gasteiger partial charge < -0.3 is 5.32 Å². The summed E-state index contributed by atoms with van der Waals surface area (Å²) in [5.41, 5.74) is 4.52. The van der Waals surface area contributed by atoms with Crippen molar-refractivity contribution in [1.82, 2.24) is 5.32 Å². The highest BCUT2D eigenvalue weighted by molar-refractivity contribution is 6.33. The Kier molecular flexibility index (Phi) is 5.88. The quantitative estimate of drug-likeness (QED) is 0.471. The number of halogens is 1. The monoisotopic (exact) mass is 361 g/mol. The van der Waals surface area contributed by atoms with Gasteiger partial charge in [-0.3, -0.25) is 4.79 Å². The molecule has 0 saturated heterocycles. The van der Waals surface area contributed by atoms with E-state index in [4.69, 9.17) is 11.6 Å². The molecule has 0 saturated carbocycles. The van der Waals surface area contributed by atoms with Crippen LogP contribution in [0.2, 0.25) is 5.02 Å². The Morgan fingerprint density at radius 1 is 0.923 bits per heavy atom. The lowest BCUT2D eigenvalue weighted by molar-refractivity contribution is -0.115. The van der Waals surface area contributed by atoms with Crippen molar-refractivity contribution in [2.45, 2.75) is 13.5 Å². The van der Waals surface area contributed by atoms with Gasteiger partial charge >= 0.3 is 0 Å². The molecule has 3 rings (SSSR count). The van der Waals surface area contributed by atoms with E-state index in [0.717, 1.165) is 22.3 Å². The standard InChI is InChI=1S/C23H20ClNO/c1-17-9-5-6-13-20(17)16-25-23(26)21(18-10-3-2-4-11-18)15-19-12-7-8-14-22(19)24/h2-15H,16H2,1H3,(H,25,26). The van der Waals surface area contributed by atoms with Gasteiger partial charge in [-0.05, 0) is 41.3 Å². The van der Waals surface area contributed by atoms with E-state index in [-0.39, 0.29) is 5.91 Å². The summed E-state index contributed by atoms with van der Waals surface area (Å²) >= 11 is 6.28. The predicted molar refractivity (Wildman–Crippen MR) is 109 cm³/mol. The highest BCUT2D eigenvalue weighted by Crippen LogP contribution is 2.23. The Balaban J connectivity index is 1.90. The van der Waals surface area contributed by atoms with Crippen LogP contribution in [0.5, 0.6) is 0 Å². The summed E-state index contributed by atoms with van der Waals surface area (Å²) in [5.74, 6) is -0.126. The van der Waals surface area contributed by atoms with Crippen LogP contribution >= 0.6 is 11.6 Å². The first-order valence-electron chi connectivity index (χ1n) is 8.49. The van der Waals surface area contributed by atoms with Crippen molar-refractivity contribution in [3.8, 4) is 0 Å². The van der Waals surface area contributed by atoms with Crippen molar-refractivity contribution in [2.75, 3.05) is 0 Å². The molecular weight excluding hydrogens is 342 g/mol. The van der Waals surface area contributed by atoms with E-state index in [1.807, 2.05) is 91.9 Å². The molecule has 0 radical (unpaired) electrons. The molecule has 26 heavy (non-hydrogen) atoms. The summed E-state index contributed by atoms with van der Waals surface area (Å²) in [6.07, 6.45) is 1.84. The number of hydrogen-bond acceptors (Lipinski definition) is 1. The van der Waals surface area contributed by atoms with Crippen LogP contribution < -0.4 is 5.32 Å². The minimum absolute atomic E-state index is 0.126. The van der Waals surface area contributed by atoms with Crippen LogP contribution in [0, 0.1) is 6.92 Å². The van der Waals surface area contributed by atoms with Crippen LogP contribution in [0.1, 0.15) is 22.3 Å². The molecule has 0 aliphatic carbocycles. The Morgan fingerprint density at radius 2 is 1.58 bits per heavy atom. The van der Waals surface area contributed by atoms with Crippen molar-refractivity contribution in [3.63, 3.8) is 0 Å². The molecule has 3 aromatic rings. The fraction of sp³-hybridized carbons (Fsp3) is 0.0870. The molecule has 0 aromatic heterocycles. The SMILES string of the molecule is Cc1ccccc1CNC(=O)C(=Cc1ccccc1Cl)c1ccccc1. The largest absolute Gasteiger partial charge is 0.348 e. The first kappa shape index (κ1) is 18.0. The molecule has 0 heterocycles. The molecule has 3 heteroatoms. The van der Waals surface area contributed by atoms with E-state index in [1.165, 1.54) is 0 Å². The van der Waals surface area contributed by atoms with Gasteiger partial charge in [-0.1, -0.05) is 84.4 Å². The van der Waals surface area contributed by atoms with Gasteiger partial charge in [0.25, 0.3) is 5.91 Å². The molecular formula is C23H20ClNO. The zero-order valence-corrected chi connectivity index (χ0v) is 15.3. The van der Waals surface area contributed by atoms with Gasteiger partial charge in [0.1, 0.15) is 0 Å². The van der Waals surface area contributed by atoms with Crippen molar-refractivity contribution >= 4 is 29.2 Å². The molecule has 130 valence electrons. The maximum atomic E-state index is 12.9. The maximum absolute atomic E-state index is 12.9. The number of nitrogens with one attached hydrogen (secondary N) is 1. The van der Waals surface area contributed by atoms with Crippen molar-refractivity contribution in [3.05, 3.63) is 106 Å². The van der Waals surface area contributed by atoms with Gasteiger partial charge in [-0.25, -0.2) is 0 Å². The smallest absolute Gasteiger partial charge is 0.252 e. The zero-order chi connectivity index (χ0) is 18.4. The maximum Gasteiger partial charge on any atom is 0.252 e. The van der Waals surface area contributed by atoms with Gasteiger partial charge in [0.15, 0.2) is 0 Å². The lowest BCUT2D eigenvalue weighted by Gasteiger charge is -2.11. The first-order chi connectivity index (χ1) is 12.6. The third-order valence-corrected chi connectivity index (χ3v) is 4.58. The minimum atomic E-state index is -0.126. The number of carbonyl (C=O) groups excluding carboxylic acids is 1. The molecule has 0 aliphatic rings. The molecule has 0 bridgehead atoms. The number of rotatable bonds is 5. The third kappa shape index (κ3) is 4.41. The Bertz CT molecular complexity index is 932. The van der Waals surface area contributed by atoms with Crippen LogP contribution in [0.15, 0.2) is 78.9 Å². The fourth-order valence-electron chi connectivity index (χ4n) is 2.72. The normalized spacial score (nSPS) is 11.2. The topological polar surface area (TPSA) is 29.1 Å². The summed E-state index contributed by atoms with van der Waals surface area (Å²) < 4.78 is 0. The second kappa shape index (κ2) is 8.50. The van der Waals surface area contributed by atoms with Gasteiger partial charge in [0, 0.05) is 17.1 Å². The van der Waals surface area contributed by atoms with E-state index < -0.39 is 0 Å². The minimum Gasteiger partial charge on any atom is -0.348 e. The number of carbonyl (C=O) groups is 1. The first-order valence-corrected chi connectivity index (χ1v) is 8.87. The molecule has 0 spiro atoms. The van der Waals surface area contributed by atoms with E-state index in [2.05, 4.69) is 5.32 Å². The third-order valence-electron chi connectivity index (χ3n) is 4.24. The Hall–Kier alpha value is -2.84. The summed E-state index contributed by atoms with van der Waals surface area (Å²) in [6, 6.07) is 25.2. The van der Waals surface area contributed by atoms with Gasteiger partial charge in [0.05, 0.1) is 0 Å². The molecule has 0 fully saturated rings. The molecule has 1 amide bonds. The highest BCUT2D eigenvalue weighted by atomic mass is 35.5. The number of benzene rings is 3. The molecule has 0 atom stereocenters. The fourth-order valence-corrected chi connectivity index (χ4v) is 2.91. The molecule has 1 N–H and O–H groups in total. The Labute approximate surface area is 159 Å². The Morgan fingerprint density at radius 3 is 2.31 bits per heavy atom. The zero-order valence-electron chi connectivity index (χ0n) is 14.6. The highest BCUT2D eigenvalue weighted by Gasteiger charge is 2.13. The average Bonchev–Trinajstić information content (AvgIpc) is 2.67. The van der Waals surface area contributed by atoms with Gasteiger partial charge in [-0.2, -0.15) is 0 Å². The summed E-state index contributed by atoms with van der Waals surface area (Å²) in [5, 5.41) is 3.65. The van der Waals surface area contributed by atoms with Crippen LogP contribution in [0.25, 0.3) is 11.6 Å². The predicted octanol–water partition coefficient (Wildman–Crippen LogP) is 5.51. The van der Waals surface area contributed by atoms with Crippen LogP contribution in [-0.2, 0) is 11.3 Å².